The normalized spacial score (nSPS) is 19.8. The first-order valence-corrected chi connectivity index (χ1v) is 6.12. The van der Waals surface area contributed by atoms with Crippen molar-refractivity contribution >= 4 is 10.8 Å². The van der Waals surface area contributed by atoms with E-state index in [-0.39, 0.29) is 10.8 Å². The summed E-state index contributed by atoms with van der Waals surface area (Å²) in [7, 11) is 0. The van der Waals surface area contributed by atoms with Crippen molar-refractivity contribution in [3.8, 4) is 5.75 Å². The molecule has 17 heavy (non-hydrogen) atoms. The largest absolute Gasteiger partial charge is 0.508 e. The first kappa shape index (κ1) is 10.6. The Hall–Kier alpha value is -1.50. The van der Waals surface area contributed by atoms with Gasteiger partial charge in [0.1, 0.15) is 5.75 Å². The molecular formula is C16H18O. The fraction of sp³-hybridized carbons (Fsp3) is 0.375. The number of phenolic OH excluding ortho intramolecular Hbond substituents is 1. The average molecular weight is 226 g/mol. The molecule has 0 atom stereocenters. The minimum absolute atomic E-state index is 0.0493. The van der Waals surface area contributed by atoms with Gasteiger partial charge in [0.25, 0.3) is 0 Å². The Morgan fingerprint density at radius 2 is 1.53 bits per heavy atom. The summed E-state index contributed by atoms with van der Waals surface area (Å²) < 4.78 is 0. The topological polar surface area (TPSA) is 20.2 Å². The molecule has 0 aromatic heterocycles. The van der Waals surface area contributed by atoms with Crippen LogP contribution in [0.15, 0.2) is 30.3 Å². The van der Waals surface area contributed by atoms with Gasteiger partial charge in [-0.25, -0.2) is 0 Å². The molecular weight excluding hydrogens is 208 g/mol. The van der Waals surface area contributed by atoms with Crippen molar-refractivity contribution in [3.63, 3.8) is 0 Å². The van der Waals surface area contributed by atoms with Crippen LogP contribution in [-0.2, 0) is 10.8 Å². The second-order valence-electron chi connectivity index (χ2n) is 6.15. The summed E-state index contributed by atoms with van der Waals surface area (Å²) >= 11 is 0. The quantitative estimate of drug-likeness (QED) is 0.716. The van der Waals surface area contributed by atoms with Crippen molar-refractivity contribution in [2.75, 3.05) is 0 Å². The van der Waals surface area contributed by atoms with Crippen LogP contribution in [0.25, 0.3) is 10.8 Å². The number of hydrogen-bond acceptors (Lipinski definition) is 1. The lowest BCUT2D eigenvalue weighted by Crippen LogP contribution is -2.35. The monoisotopic (exact) mass is 226 g/mol. The van der Waals surface area contributed by atoms with Crippen LogP contribution >= 0.6 is 0 Å². The molecule has 0 aliphatic heterocycles. The maximum absolute atomic E-state index is 9.87. The Morgan fingerprint density at radius 1 is 0.882 bits per heavy atom. The van der Waals surface area contributed by atoms with E-state index >= 15 is 0 Å². The van der Waals surface area contributed by atoms with Gasteiger partial charge in [-0.1, -0.05) is 45.9 Å². The highest BCUT2D eigenvalue weighted by molar-refractivity contribution is 5.94. The van der Waals surface area contributed by atoms with E-state index in [0.29, 0.717) is 5.75 Å². The van der Waals surface area contributed by atoms with Crippen LogP contribution in [0.3, 0.4) is 0 Å². The van der Waals surface area contributed by atoms with Gasteiger partial charge in [0, 0.05) is 0 Å². The van der Waals surface area contributed by atoms with Crippen molar-refractivity contribution < 1.29 is 5.11 Å². The van der Waals surface area contributed by atoms with Gasteiger partial charge in [0.05, 0.1) is 0 Å². The van der Waals surface area contributed by atoms with E-state index in [1.807, 2.05) is 12.1 Å². The molecule has 0 unspecified atom stereocenters. The fourth-order valence-corrected chi connectivity index (χ4v) is 3.10. The molecule has 88 valence electrons. The third kappa shape index (κ3) is 1.09. The number of hydrogen-bond donors (Lipinski definition) is 1. The highest BCUT2D eigenvalue weighted by atomic mass is 16.3. The number of phenols is 1. The molecule has 0 spiro atoms. The van der Waals surface area contributed by atoms with Gasteiger partial charge in [0.2, 0.25) is 0 Å². The van der Waals surface area contributed by atoms with Gasteiger partial charge in [-0.15, -0.1) is 0 Å². The first-order valence-electron chi connectivity index (χ1n) is 6.12. The Balaban J connectivity index is 2.55. The Kier molecular flexibility index (Phi) is 1.78. The summed E-state index contributed by atoms with van der Waals surface area (Å²) in [5.41, 5.74) is 2.82. The van der Waals surface area contributed by atoms with Gasteiger partial charge in [-0.05, 0) is 44.9 Å². The lowest BCUT2D eigenvalue weighted by molar-refractivity contribution is 0.321. The second-order valence-corrected chi connectivity index (χ2v) is 6.15. The van der Waals surface area contributed by atoms with E-state index < -0.39 is 0 Å². The molecule has 1 aliphatic carbocycles. The van der Waals surface area contributed by atoms with Gasteiger partial charge in [-0.3, -0.25) is 0 Å². The molecule has 2 aromatic carbocycles. The average Bonchev–Trinajstić information content (AvgIpc) is 2.39. The predicted molar refractivity (Wildman–Crippen MR) is 71.7 cm³/mol. The molecule has 0 fully saturated rings. The lowest BCUT2D eigenvalue weighted by atomic mass is 9.66. The zero-order valence-electron chi connectivity index (χ0n) is 10.8. The van der Waals surface area contributed by atoms with Crippen molar-refractivity contribution in [1.82, 2.24) is 0 Å². The van der Waals surface area contributed by atoms with Crippen LogP contribution in [0.1, 0.15) is 38.8 Å². The maximum atomic E-state index is 9.87. The maximum Gasteiger partial charge on any atom is 0.116 e. The van der Waals surface area contributed by atoms with Crippen LogP contribution in [0.2, 0.25) is 0 Å². The van der Waals surface area contributed by atoms with Gasteiger partial charge in [-0.2, -0.15) is 0 Å². The van der Waals surface area contributed by atoms with Crippen molar-refractivity contribution in [1.29, 1.82) is 0 Å². The molecule has 1 aliphatic rings. The summed E-state index contributed by atoms with van der Waals surface area (Å²) in [6, 6.07) is 10.2. The van der Waals surface area contributed by atoms with E-state index in [0.717, 1.165) is 5.39 Å². The molecule has 1 nitrogen and oxygen atoms in total. The molecule has 0 heterocycles. The number of aromatic hydroxyl groups is 1. The molecule has 0 saturated carbocycles. The third-order valence-electron chi connectivity index (χ3n) is 4.87. The van der Waals surface area contributed by atoms with E-state index in [2.05, 4.69) is 45.9 Å². The van der Waals surface area contributed by atoms with Crippen molar-refractivity contribution in [2.24, 2.45) is 0 Å². The van der Waals surface area contributed by atoms with Crippen molar-refractivity contribution in [3.05, 3.63) is 41.5 Å². The first-order chi connectivity index (χ1) is 7.85. The van der Waals surface area contributed by atoms with E-state index in [1.54, 1.807) is 0 Å². The predicted octanol–water partition coefficient (Wildman–Crippen LogP) is 4.11. The minimum Gasteiger partial charge on any atom is -0.508 e. The summed E-state index contributed by atoms with van der Waals surface area (Å²) in [6.07, 6.45) is 0. The van der Waals surface area contributed by atoms with E-state index in [4.69, 9.17) is 0 Å². The van der Waals surface area contributed by atoms with Crippen LogP contribution in [0.4, 0.5) is 0 Å². The molecule has 1 heteroatoms. The fourth-order valence-electron chi connectivity index (χ4n) is 3.10. The van der Waals surface area contributed by atoms with Crippen LogP contribution in [0.5, 0.6) is 5.75 Å². The summed E-state index contributed by atoms with van der Waals surface area (Å²) in [6.45, 7) is 9.11. The Bertz CT molecular complexity index is 621. The zero-order valence-corrected chi connectivity index (χ0v) is 10.8. The Labute approximate surface area is 102 Å². The molecule has 0 radical (unpaired) electrons. The zero-order chi connectivity index (χ0) is 12.4. The van der Waals surface area contributed by atoms with Crippen LogP contribution in [-0.4, -0.2) is 5.11 Å². The summed E-state index contributed by atoms with van der Waals surface area (Å²) in [5.74, 6) is 0.371. The number of benzene rings is 2. The second kappa shape index (κ2) is 2.84. The molecule has 0 saturated heterocycles. The number of rotatable bonds is 0. The SMILES string of the molecule is CC1(C)c2cccc3cc(O)cc(c23)C1(C)C. The molecule has 1 N–H and O–H groups in total. The van der Waals surface area contributed by atoms with Gasteiger partial charge in [0.15, 0.2) is 0 Å². The van der Waals surface area contributed by atoms with E-state index in [1.165, 1.54) is 16.5 Å². The smallest absolute Gasteiger partial charge is 0.116 e. The van der Waals surface area contributed by atoms with Gasteiger partial charge >= 0.3 is 0 Å². The van der Waals surface area contributed by atoms with Crippen molar-refractivity contribution in [2.45, 2.75) is 38.5 Å². The third-order valence-corrected chi connectivity index (χ3v) is 4.87. The summed E-state index contributed by atoms with van der Waals surface area (Å²) in [4.78, 5) is 0. The molecule has 0 bridgehead atoms. The lowest BCUT2D eigenvalue weighted by Gasteiger charge is -2.37. The standard InChI is InChI=1S/C16H18O/c1-15(2)12-7-5-6-10-8-11(17)9-13(14(10)12)16(15,3)4/h5-9,17H,1-4H3. The Morgan fingerprint density at radius 3 is 2.24 bits per heavy atom. The summed E-state index contributed by atoms with van der Waals surface area (Å²) in [5, 5.41) is 12.4. The van der Waals surface area contributed by atoms with Crippen LogP contribution < -0.4 is 0 Å². The van der Waals surface area contributed by atoms with Crippen LogP contribution in [0, 0.1) is 0 Å². The highest BCUT2D eigenvalue weighted by Gasteiger charge is 2.46. The molecule has 3 rings (SSSR count). The molecule has 2 aromatic rings. The van der Waals surface area contributed by atoms with E-state index in [9.17, 15) is 5.11 Å². The minimum atomic E-state index is 0.0493. The van der Waals surface area contributed by atoms with Gasteiger partial charge < -0.3 is 5.11 Å². The highest BCUT2D eigenvalue weighted by Crippen LogP contribution is 2.54. The molecule has 0 amide bonds.